The molecule has 1 N–H and O–H groups in total. The summed E-state index contributed by atoms with van der Waals surface area (Å²) in [6.45, 7) is 9.78. The van der Waals surface area contributed by atoms with Gasteiger partial charge in [0.15, 0.2) is 0 Å². The molecule has 1 saturated heterocycles. The lowest BCUT2D eigenvalue weighted by Crippen LogP contribution is -2.38. The summed E-state index contributed by atoms with van der Waals surface area (Å²) in [4.78, 5) is 25.8. The number of hydrogen-bond acceptors (Lipinski definition) is 2. The molecule has 0 spiro atoms. The molecule has 1 aliphatic rings. The smallest absolute Gasteiger partial charge is 0.222 e. The van der Waals surface area contributed by atoms with Crippen LogP contribution in [0.2, 0.25) is 0 Å². The standard InChI is InChI=1S/C19H28N2O2/c1-14-8-5-6-9-15(14)18(19(2,3)4)20-16(22)11-13-21-12-7-10-17(21)23/h5-6,8-9,18H,7,10-13H2,1-4H3,(H,20,22). The lowest BCUT2D eigenvalue weighted by molar-refractivity contribution is -0.128. The van der Waals surface area contributed by atoms with E-state index in [1.165, 1.54) is 5.56 Å². The van der Waals surface area contributed by atoms with Crippen molar-refractivity contribution in [2.45, 2.75) is 53.0 Å². The molecular formula is C19H28N2O2. The SMILES string of the molecule is Cc1ccccc1C(NC(=O)CCN1CCCC1=O)C(C)(C)C. The van der Waals surface area contributed by atoms with Gasteiger partial charge in [-0.3, -0.25) is 9.59 Å². The van der Waals surface area contributed by atoms with E-state index in [0.29, 0.717) is 19.4 Å². The van der Waals surface area contributed by atoms with Crippen LogP contribution in [0.4, 0.5) is 0 Å². The van der Waals surface area contributed by atoms with Crippen LogP contribution in [0.5, 0.6) is 0 Å². The maximum Gasteiger partial charge on any atom is 0.222 e. The van der Waals surface area contributed by atoms with E-state index in [0.717, 1.165) is 18.5 Å². The van der Waals surface area contributed by atoms with Crippen LogP contribution < -0.4 is 5.32 Å². The maximum atomic E-state index is 12.4. The lowest BCUT2D eigenvalue weighted by Gasteiger charge is -2.33. The molecule has 0 saturated carbocycles. The molecule has 0 bridgehead atoms. The van der Waals surface area contributed by atoms with Crippen molar-refractivity contribution in [3.63, 3.8) is 0 Å². The van der Waals surface area contributed by atoms with Gasteiger partial charge in [0.25, 0.3) is 0 Å². The molecule has 1 aliphatic heterocycles. The first kappa shape index (κ1) is 17.5. The first-order valence-corrected chi connectivity index (χ1v) is 8.41. The van der Waals surface area contributed by atoms with Gasteiger partial charge in [-0.15, -0.1) is 0 Å². The Hall–Kier alpha value is -1.84. The van der Waals surface area contributed by atoms with E-state index in [-0.39, 0.29) is 23.3 Å². The molecule has 1 heterocycles. The van der Waals surface area contributed by atoms with Gasteiger partial charge >= 0.3 is 0 Å². The van der Waals surface area contributed by atoms with E-state index >= 15 is 0 Å². The molecule has 1 unspecified atom stereocenters. The first-order chi connectivity index (χ1) is 10.8. The van der Waals surface area contributed by atoms with E-state index in [9.17, 15) is 9.59 Å². The van der Waals surface area contributed by atoms with E-state index < -0.39 is 0 Å². The van der Waals surface area contributed by atoms with Gasteiger partial charge < -0.3 is 10.2 Å². The molecule has 1 atom stereocenters. The Labute approximate surface area is 139 Å². The summed E-state index contributed by atoms with van der Waals surface area (Å²) in [5.41, 5.74) is 2.26. The van der Waals surface area contributed by atoms with Crippen molar-refractivity contribution < 1.29 is 9.59 Å². The van der Waals surface area contributed by atoms with Crippen LogP contribution in [0, 0.1) is 12.3 Å². The van der Waals surface area contributed by atoms with Gasteiger partial charge in [-0.2, -0.15) is 0 Å². The summed E-state index contributed by atoms with van der Waals surface area (Å²) < 4.78 is 0. The normalized spacial score (nSPS) is 16.5. The fourth-order valence-electron chi connectivity index (χ4n) is 3.08. The lowest BCUT2D eigenvalue weighted by atomic mass is 9.81. The summed E-state index contributed by atoms with van der Waals surface area (Å²) in [6, 6.07) is 8.14. The van der Waals surface area contributed by atoms with Gasteiger partial charge in [0.1, 0.15) is 0 Å². The third-order valence-corrected chi connectivity index (χ3v) is 4.45. The number of amides is 2. The Balaban J connectivity index is 2.02. The number of hydrogen-bond donors (Lipinski definition) is 1. The van der Waals surface area contributed by atoms with E-state index in [1.54, 1.807) is 4.90 Å². The van der Waals surface area contributed by atoms with Crippen molar-refractivity contribution in [2.75, 3.05) is 13.1 Å². The van der Waals surface area contributed by atoms with Crippen LogP contribution in [0.15, 0.2) is 24.3 Å². The van der Waals surface area contributed by atoms with Crippen molar-refractivity contribution in [2.24, 2.45) is 5.41 Å². The fourth-order valence-corrected chi connectivity index (χ4v) is 3.08. The second-order valence-electron chi connectivity index (χ2n) is 7.46. The fraction of sp³-hybridized carbons (Fsp3) is 0.579. The van der Waals surface area contributed by atoms with Crippen LogP contribution in [-0.2, 0) is 9.59 Å². The first-order valence-electron chi connectivity index (χ1n) is 8.41. The Morgan fingerprint density at radius 3 is 2.57 bits per heavy atom. The molecule has 0 radical (unpaired) electrons. The summed E-state index contributed by atoms with van der Waals surface area (Å²) in [6.07, 6.45) is 1.90. The Kier molecular flexibility index (Phi) is 5.45. The van der Waals surface area contributed by atoms with Gasteiger partial charge in [0.2, 0.25) is 11.8 Å². The highest BCUT2D eigenvalue weighted by molar-refractivity contribution is 5.80. The predicted octanol–water partition coefficient (Wildman–Crippen LogP) is 3.21. The van der Waals surface area contributed by atoms with Crippen LogP contribution >= 0.6 is 0 Å². The number of benzene rings is 1. The van der Waals surface area contributed by atoms with E-state index in [1.807, 2.05) is 12.1 Å². The average molecular weight is 316 g/mol. The van der Waals surface area contributed by atoms with Gasteiger partial charge in [-0.1, -0.05) is 45.0 Å². The zero-order valence-corrected chi connectivity index (χ0v) is 14.7. The van der Waals surface area contributed by atoms with Gasteiger partial charge in [-0.25, -0.2) is 0 Å². The minimum absolute atomic E-state index is 0.00729. The molecule has 1 aromatic rings. The largest absolute Gasteiger partial charge is 0.349 e. The highest BCUT2D eigenvalue weighted by Crippen LogP contribution is 2.34. The second kappa shape index (κ2) is 7.16. The third-order valence-electron chi connectivity index (χ3n) is 4.45. The molecule has 0 aromatic heterocycles. The Bertz CT molecular complexity index is 575. The Morgan fingerprint density at radius 2 is 2.00 bits per heavy atom. The summed E-state index contributed by atoms with van der Waals surface area (Å²) in [7, 11) is 0. The van der Waals surface area contributed by atoms with Gasteiger partial charge in [0.05, 0.1) is 6.04 Å². The monoisotopic (exact) mass is 316 g/mol. The van der Waals surface area contributed by atoms with Crippen molar-refractivity contribution >= 4 is 11.8 Å². The molecular weight excluding hydrogens is 288 g/mol. The van der Waals surface area contributed by atoms with Crippen LogP contribution in [0.1, 0.15) is 57.2 Å². The van der Waals surface area contributed by atoms with Crippen molar-refractivity contribution in [3.8, 4) is 0 Å². The van der Waals surface area contributed by atoms with Gasteiger partial charge in [-0.05, 0) is 29.9 Å². The Morgan fingerprint density at radius 1 is 1.30 bits per heavy atom. The highest BCUT2D eigenvalue weighted by Gasteiger charge is 2.29. The minimum Gasteiger partial charge on any atom is -0.349 e. The molecule has 0 aliphatic carbocycles. The molecule has 1 aromatic carbocycles. The molecule has 126 valence electrons. The summed E-state index contributed by atoms with van der Waals surface area (Å²) >= 11 is 0. The van der Waals surface area contributed by atoms with Gasteiger partial charge in [0, 0.05) is 25.9 Å². The number of carbonyl (C=O) groups is 2. The predicted molar refractivity (Wildman–Crippen MR) is 91.9 cm³/mol. The third kappa shape index (κ3) is 4.57. The molecule has 4 heteroatoms. The topological polar surface area (TPSA) is 49.4 Å². The molecule has 23 heavy (non-hydrogen) atoms. The van der Waals surface area contributed by atoms with Crippen LogP contribution in [0.3, 0.4) is 0 Å². The van der Waals surface area contributed by atoms with E-state index in [2.05, 4.69) is 45.1 Å². The number of rotatable bonds is 5. The van der Waals surface area contributed by atoms with Crippen molar-refractivity contribution in [1.82, 2.24) is 10.2 Å². The minimum atomic E-state index is -0.0781. The quantitative estimate of drug-likeness (QED) is 0.907. The molecule has 4 nitrogen and oxygen atoms in total. The van der Waals surface area contributed by atoms with Crippen LogP contribution in [0.25, 0.3) is 0 Å². The molecule has 2 rings (SSSR count). The maximum absolute atomic E-state index is 12.4. The number of nitrogens with one attached hydrogen (secondary N) is 1. The van der Waals surface area contributed by atoms with Crippen LogP contribution in [-0.4, -0.2) is 29.8 Å². The molecule has 2 amide bonds. The second-order valence-corrected chi connectivity index (χ2v) is 7.46. The van der Waals surface area contributed by atoms with Crippen molar-refractivity contribution in [1.29, 1.82) is 0 Å². The molecule has 1 fully saturated rings. The zero-order valence-electron chi connectivity index (χ0n) is 14.7. The number of likely N-dealkylation sites (tertiary alicyclic amines) is 1. The van der Waals surface area contributed by atoms with E-state index in [4.69, 9.17) is 0 Å². The number of aryl methyl sites for hydroxylation is 1. The summed E-state index contributed by atoms with van der Waals surface area (Å²) in [5, 5.41) is 3.18. The van der Waals surface area contributed by atoms with Crippen molar-refractivity contribution in [3.05, 3.63) is 35.4 Å². The highest BCUT2D eigenvalue weighted by atomic mass is 16.2. The zero-order chi connectivity index (χ0) is 17.0. The number of carbonyl (C=O) groups excluding carboxylic acids is 2. The summed E-state index contributed by atoms with van der Waals surface area (Å²) in [5.74, 6) is 0.178. The average Bonchev–Trinajstić information content (AvgIpc) is 2.88. The number of nitrogens with zero attached hydrogens (tertiary/aromatic N) is 1.